The molecule has 1 fully saturated rings. The molecular weight excluding hydrogens is 406 g/mol. The zero-order valence-electron chi connectivity index (χ0n) is 16.2. The molecule has 0 aliphatic carbocycles. The summed E-state index contributed by atoms with van der Waals surface area (Å²) in [7, 11) is 0. The highest BCUT2D eigenvalue weighted by molar-refractivity contribution is 6.33. The summed E-state index contributed by atoms with van der Waals surface area (Å²) >= 11 is 6.20. The Balaban J connectivity index is 1.32. The maximum Gasteiger partial charge on any atom is 0.246 e. The van der Waals surface area contributed by atoms with Crippen LogP contribution in [-0.4, -0.2) is 50.8 Å². The smallest absolute Gasteiger partial charge is 0.246 e. The fraction of sp³-hybridized carbons (Fsp3) is 0.333. The number of amides is 1. The number of likely N-dealkylation sites (tertiary alicyclic amines) is 1. The number of rotatable bonds is 4. The van der Waals surface area contributed by atoms with Gasteiger partial charge in [0.2, 0.25) is 11.7 Å². The Morgan fingerprint density at radius 1 is 1.13 bits per heavy atom. The van der Waals surface area contributed by atoms with Gasteiger partial charge >= 0.3 is 0 Å². The molecule has 0 spiro atoms. The van der Waals surface area contributed by atoms with E-state index in [0.29, 0.717) is 36.2 Å². The third-order valence-corrected chi connectivity index (χ3v) is 5.70. The van der Waals surface area contributed by atoms with Crippen molar-refractivity contribution in [3.8, 4) is 22.9 Å². The zero-order chi connectivity index (χ0) is 20.5. The molecule has 3 heterocycles. The molecule has 1 amide bonds. The van der Waals surface area contributed by atoms with Crippen molar-refractivity contribution in [3.05, 3.63) is 53.1 Å². The van der Waals surface area contributed by atoms with Gasteiger partial charge in [0.05, 0.1) is 11.1 Å². The molecule has 9 heteroatoms. The number of hydrogen-bond acceptors (Lipinski definition) is 6. The maximum absolute atomic E-state index is 13.0. The van der Waals surface area contributed by atoms with Gasteiger partial charge in [0.25, 0.3) is 0 Å². The lowest BCUT2D eigenvalue weighted by Gasteiger charge is -2.26. The average molecular weight is 426 g/mol. The molecule has 1 saturated heterocycles. The summed E-state index contributed by atoms with van der Waals surface area (Å²) < 4.78 is 11.3. The lowest BCUT2D eigenvalue weighted by Crippen LogP contribution is -2.34. The number of aromatic nitrogens is 4. The van der Waals surface area contributed by atoms with Crippen molar-refractivity contribution in [3.63, 3.8) is 0 Å². The van der Waals surface area contributed by atoms with Crippen molar-refractivity contribution in [2.45, 2.75) is 25.4 Å². The topological polar surface area (TPSA) is 82.4 Å². The van der Waals surface area contributed by atoms with Gasteiger partial charge in [-0.05, 0) is 47.9 Å². The van der Waals surface area contributed by atoms with Crippen molar-refractivity contribution in [1.82, 2.24) is 25.1 Å². The Labute approximate surface area is 178 Å². The first-order valence-electron chi connectivity index (χ1n) is 9.91. The van der Waals surface area contributed by atoms with E-state index in [9.17, 15) is 4.79 Å². The van der Waals surface area contributed by atoms with Crippen LogP contribution in [0, 0.1) is 0 Å². The Bertz CT molecular complexity index is 1090. The number of hydrogen-bond donors (Lipinski definition) is 0. The van der Waals surface area contributed by atoms with Gasteiger partial charge in [-0.1, -0.05) is 29.8 Å². The highest BCUT2D eigenvalue weighted by Crippen LogP contribution is 2.38. The highest BCUT2D eigenvalue weighted by Gasteiger charge is 2.31. The molecule has 2 aromatic carbocycles. The van der Waals surface area contributed by atoms with Crippen LogP contribution in [0.25, 0.3) is 11.4 Å². The van der Waals surface area contributed by atoms with E-state index in [1.807, 2.05) is 41.3 Å². The standard InChI is InChI=1S/C21H20ClN5O3/c22-16-5-2-1-4-15(16)21-23-25-27(24-21)13-20(28)26-9-3-6-17(26)14-7-8-18-19(12-14)30-11-10-29-18/h1-2,4-5,7-8,12,17H,3,6,9-11,13H2/t17-/m0/s1. The summed E-state index contributed by atoms with van der Waals surface area (Å²) in [6.07, 6.45) is 1.85. The van der Waals surface area contributed by atoms with Crippen LogP contribution < -0.4 is 9.47 Å². The maximum atomic E-state index is 13.0. The third kappa shape index (κ3) is 3.59. The molecule has 3 aromatic rings. The summed E-state index contributed by atoms with van der Waals surface area (Å²) in [6.45, 7) is 1.82. The van der Waals surface area contributed by atoms with Crippen LogP contribution in [0.15, 0.2) is 42.5 Å². The van der Waals surface area contributed by atoms with Gasteiger partial charge < -0.3 is 14.4 Å². The van der Waals surface area contributed by atoms with Gasteiger partial charge in [-0.2, -0.15) is 4.80 Å². The van der Waals surface area contributed by atoms with Crippen LogP contribution in [0.2, 0.25) is 5.02 Å². The summed E-state index contributed by atoms with van der Waals surface area (Å²) in [6, 6.07) is 13.2. The molecule has 0 radical (unpaired) electrons. The van der Waals surface area contributed by atoms with Crippen molar-refractivity contribution in [1.29, 1.82) is 0 Å². The molecule has 1 atom stereocenters. The second kappa shape index (κ2) is 7.95. The molecule has 8 nitrogen and oxygen atoms in total. The van der Waals surface area contributed by atoms with E-state index in [4.69, 9.17) is 21.1 Å². The minimum atomic E-state index is -0.0458. The van der Waals surface area contributed by atoms with E-state index in [2.05, 4.69) is 15.4 Å². The van der Waals surface area contributed by atoms with Crippen molar-refractivity contribution in [2.24, 2.45) is 0 Å². The molecular formula is C21H20ClN5O3. The van der Waals surface area contributed by atoms with Gasteiger partial charge in [-0.25, -0.2) is 0 Å². The summed E-state index contributed by atoms with van der Waals surface area (Å²) in [5.74, 6) is 1.84. The first-order chi connectivity index (χ1) is 14.7. The van der Waals surface area contributed by atoms with Crippen LogP contribution in [0.1, 0.15) is 24.4 Å². The lowest BCUT2D eigenvalue weighted by atomic mass is 10.0. The first-order valence-corrected chi connectivity index (χ1v) is 10.3. The van der Waals surface area contributed by atoms with E-state index in [1.165, 1.54) is 4.80 Å². The molecule has 1 aromatic heterocycles. The second-order valence-electron chi connectivity index (χ2n) is 7.27. The minimum Gasteiger partial charge on any atom is -0.486 e. The van der Waals surface area contributed by atoms with Crippen molar-refractivity contribution < 1.29 is 14.3 Å². The fourth-order valence-electron chi connectivity index (χ4n) is 3.95. The van der Waals surface area contributed by atoms with Crippen LogP contribution in [-0.2, 0) is 11.3 Å². The van der Waals surface area contributed by atoms with Crippen LogP contribution in [0.4, 0.5) is 0 Å². The third-order valence-electron chi connectivity index (χ3n) is 5.37. The second-order valence-corrected chi connectivity index (χ2v) is 7.68. The molecule has 0 saturated carbocycles. The molecule has 5 rings (SSSR count). The summed E-state index contributed by atoms with van der Waals surface area (Å²) in [4.78, 5) is 16.2. The van der Waals surface area contributed by atoms with Crippen LogP contribution in [0.3, 0.4) is 0 Å². The quantitative estimate of drug-likeness (QED) is 0.638. The number of ether oxygens (including phenoxy) is 2. The Kier molecular flexibility index (Phi) is 5.00. The lowest BCUT2D eigenvalue weighted by molar-refractivity contribution is -0.133. The van der Waals surface area contributed by atoms with Crippen molar-refractivity contribution >= 4 is 17.5 Å². The minimum absolute atomic E-state index is 0.000105. The van der Waals surface area contributed by atoms with E-state index >= 15 is 0 Å². The summed E-state index contributed by atoms with van der Waals surface area (Å²) in [5, 5.41) is 13.0. The number of benzene rings is 2. The molecule has 0 unspecified atom stereocenters. The number of carbonyl (C=O) groups is 1. The predicted molar refractivity (Wildman–Crippen MR) is 109 cm³/mol. The van der Waals surface area contributed by atoms with E-state index < -0.39 is 0 Å². The monoisotopic (exact) mass is 425 g/mol. The highest BCUT2D eigenvalue weighted by atomic mass is 35.5. The number of halogens is 1. The number of fused-ring (bicyclic) bond motifs is 1. The largest absolute Gasteiger partial charge is 0.486 e. The molecule has 2 aliphatic heterocycles. The predicted octanol–water partition coefficient (Wildman–Crippen LogP) is 3.13. The van der Waals surface area contributed by atoms with E-state index in [0.717, 1.165) is 29.9 Å². The summed E-state index contributed by atoms with van der Waals surface area (Å²) in [5.41, 5.74) is 1.74. The van der Waals surface area contributed by atoms with Gasteiger partial charge in [0.1, 0.15) is 19.8 Å². The zero-order valence-corrected chi connectivity index (χ0v) is 17.0. The van der Waals surface area contributed by atoms with E-state index in [1.54, 1.807) is 6.07 Å². The van der Waals surface area contributed by atoms with E-state index in [-0.39, 0.29) is 18.5 Å². The fourth-order valence-corrected chi connectivity index (χ4v) is 4.17. The first kappa shape index (κ1) is 18.9. The average Bonchev–Trinajstić information content (AvgIpc) is 3.43. The number of carbonyl (C=O) groups excluding carboxylic acids is 1. The van der Waals surface area contributed by atoms with Gasteiger partial charge in [0.15, 0.2) is 11.5 Å². The number of tetrazole rings is 1. The molecule has 154 valence electrons. The Morgan fingerprint density at radius 3 is 2.83 bits per heavy atom. The SMILES string of the molecule is O=C(Cn1nnc(-c2ccccc2Cl)n1)N1CCC[C@H]1c1ccc2c(c1)OCCO2. The Hall–Kier alpha value is -3.13. The van der Waals surface area contributed by atoms with Gasteiger partial charge in [-0.15, -0.1) is 10.2 Å². The van der Waals surface area contributed by atoms with Crippen LogP contribution in [0.5, 0.6) is 11.5 Å². The molecule has 2 aliphatic rings. The Morgan fingerprint density at radius 2 is 1.97 bits per heavy atom. The van der Waals surface area contributed by atoms with Gasteiger partial charge in [-0.3, -0.25) is 4.79 Å². The molecule has 0 bridgehead atoms. The van der Waals surface area contributed by atoms with Gasteiger partial charge in [0, 0.05) is 12.1 Å². The van der Waals surface area contributed by atoms with Crippen molar-refractivity contribution in [2.75, 3.05) is 19.8 Å². The molecule has 0 N–H and O–H groups in total. The normalized spacial score (nSPS) is 17.9. The molecule has 30 heavy (non-hydrogen) atoms. The number of nitrogens with zero attached hydrogens (tertiary/aromatic N) is 5. The van der Waals surface area contributed by atoms with Crippen LogP contribution >= 0.6 is 11.6 Å².